The smallest absolute Gasteiger partial charge is 0.288 e. The maximum absolute atomic E-state index is 11.7. The van der Waals surface area contributed by atoms with Crippen molar-refractivity contribution in [2.75, 3.05) is 6.54 Å². The molecule has 0 aliphatic heterocycles. The minimum Gasteiger partial charge on any atom is -0.352 e. The van der Waals surface area contributed by atoms with Crippen LogP contribution in [0.3, 0.4) is 0 Å². The average Bonchev–Trinajstić information content (AvgIpc) is 2.29. The van der Waals surface area contributed by atoms with Crippen LogP contribution in [0.1, 0.15) is 30.1 Å². The number of pyridine rings is 1. The predicted octanol–water partition coefficient (Wildman–Crippen LogP) is 2.17. The van der Waals surface area contributed by atoms with Crippen LogP contribution in [0, 0.1) is 10.1 Å². The number of amides is 1. The van der Waals surface area contributed by atoms with Crippen LogP contribution in [0.4, 0.5) is 5.69 Å². The molecule has 0 aliphatic rings. The topological polar surface area (TPSA) is 85.1 Å². The summed E-state index contributed by atoms with van der Waals surface area (Å²) in [5.74, 6) is -0.445. The third-order valence-corrected chi connectivity index (χ3v) is 2.40. The number of hydrogen-bond acceptors (Lipinski definition) is 4. The molecule has 0 atom stereocenters. The molecule has 1 amide bonds. The minimum atomic E-state index is -0.619. The van der Waals surface area contributed by atoms with Gasteiger partial charge in [0.15, 0.2) is 0 Å². The third-order valence-electron chi connectivity index (χ3n) is 2.10. The van der Waals surface area contributed by atoms with Crippen LogP contribution < -0.4 is 5.32 Å². The van der Waals surface area contributed by atoms with Crippen LogP contribution in [-0.4, -0.2) is 22.4 Å². The van der Waals surface area contributed by atoms with Gasteiger partial charge in [-0.15, -0.1) is 0 Å². The standard InChI is InChI=1S/C10H12ClN3O3/c1-2-3-4-12-10(15)8-5-7(14(16)17)6-13-9(8)11/h5-6H,2-4H2,1H3,(H,12,15). The quantitative estimate of drug-likeness (QED) is 0.379. The van der Waals surface area contributed by atoms with Gasteiger partial charge in [-0.25, -0.2) is 4.98 Å². The van der Waals surface area contributed by atoms with Gasteiger partial charge >= 0.3 is 0 Å². The Morgan fingerprint density at radius 2 is 2.35 bits per heavy atom. The number of nitrogens with one attached hydrogen (secondary N) is 1. The van der Waals surface area contributed by atoms with Gasteiger partial charge in [0, 0.05) is 12.6 Å². The Morgan fingerprint density at radius 3 is 2.94 bits per heavy atom. The molecule has 0 spiro atoms. The van der Waals surface area contributed by atoms with Gasteiger partial charge in [-0.2, -0.15) is 0 Å². The van der Waals surface area contributed by atoms with Gasteiger partial charge in [-0.1, -0.05) is 24.9 Å². The van der Waals surface area contributed by atoms with E-state index in [1.165, 1.54) is 0 Å². The summed E-state index contributed by atoms with van der Waals surface area (Å²) in [6.07, 6.45) is 2.80. The number of unbranched alkanes of at least 4 members (excludes halogenated alkanes) is 1. The van der Waals surface area contributed by atoms with Gasteiger partial charge in [0.1, 0.15) is 11.3 Å². The van der Waals surface area contributed by atoms with E-state index < -0.39 is 10.8 Å². The number of halogens is 1. The summed E-state index contributed by atoms with van der Waals surface area (Å²) in [5.41, 5.74) is -0.230. The zero-order chi connectivity index (χ0) is 12.8. The van der Waals surface area contributed by atoms with Crippen molar-refractivity contribution < 1.29 is 9.72 Å². The van der Waals surface area contributed by atoms with E-state index in [-0.39, 0.29) is 16.4 Å². The van der Waals surface area contributed by atoms with Crippen LogP contribution >= 0.6 is 11.6 Å². The molecule has 7 heteroatoms. The maximum Gasteiger partial charge on any atom is 0.288 e. The van der Waals surface area contributed by atoms with E-state index in [1.54, 1.807) is 0 Å². The second-order valence-corrected chi connectivity index (χ2v) is 3.76. The van der Waals surface area contributed by atoms with E-state index in [0.717, 1.165) is 25.1 Å². The molecule has 17 heavy (non-hydrogen) atoms. The fraction of sp³-hybridized carbons (Fsp3) is 0.400. The number of aromatic nitrogens is 1. The zero-order valence-corrected chi connectivity index (χ0v) is 10.0. The van der Waals surface area contributed by atoms with Crippen LogP contribution in [0.15, 0.2) is 12.3 Å². The van der Waals surface area contributed by atoms with Gasteiger partial charge in [-0.05, 0) is 6.42 Å². The maximum atomic E-state index is 11.7. The Balaban J connectivity index is 2.84. The van der Waals surface area contributed by atoms with Crippen molar-refractivity contribution in [2.24, 2.45) is 0 Å². The van der Waals surface area contributed by atoms with E-state index in [0.29, 0.717) is 6.54 Å². The van der Waals surface area contributed by atoms with Crippen molar-refractivity contribution in [3.05, 3.63) is 33.1 Å². The Bertz CT molecular complexity index is 437. The first-order valence-electron chi connectivity index (χ1n) is 5.14. The molecule has 1 aromatic rings. The molecular formula is C10H12ClN3O3. The van der Waals surface area contributed by atoms with Gasteiger partial charge in [0.25, 0.3) is 11.6 Å². The molecule has 0 radical (unpaired) electrons. The predicted molar refractivity (Wildman–Crippen MR) is 63.1 cm³/mol. The Hall–Kier alpha value is -1.69. The van der Waals surface area contributed by atoms with Crippen LogP contribution in [-0.2, 0) is 0 Å². The Morgan fingerprint density at radius 1 is 1.65 bits per heavy atom. The molecule has 0 fully saturated rings. The first kappa shape index (κ1) is 13.4. The zero-order valence-electron chi connectivity index (χ0n) is 9.27. The van der Waals surface area contributed by atoms with Crippen molar-refractivity contribution in [3.8, 4) is 0 Å². The molecule has 0 saturated carbocycles. The molecule has 1 aromatic heterocycles. The highest BCUT2D eigenvalue weighted by Crippen LogP contribution is 2.18. The molecule has 92 valence electrons. The number of carbonyl (C=O) groups excluding carboxylic acids is 1. The summed E-state index contributed by atoms with van der Waals surface area (Å²) in [6, 6.07) is 1.12. The highest BCUT2D eigenvalue weighted by atomic mass is 35.5. The summed E-state index contributed by atoms with van der Waals surface area (Å²) in [5, 5.41) is 13.1. The molecular weight excluding hydrogens is 246 g/mol. The molecule has 0 aromatic carbocycles. The molecule has 0 bridgehead atoms. The van der Waals surface area contributed by atoms with Crippen molar-refractivity contribution in [2.45, 2.75) is 19.8 Å². The number of carbonyl (C=O) groups is 1. The SMILES string of the molecule is CCCCNC(=O)c1cc([N+](=O)[O-])cnc1Cl. The van der Waals surface area contributed by atoms with Crippen molar-refractivity contribution in [1.82, 2.24) is 10.3 Å². The Kier molecular flexibility index (Phi) is 4.84. The summed E-state index contributed by atoms with van der Waals surface area (Å²) < 4.78 is 0. The van der Waals surface area contributed by atoms with E-state index >= 15 is 0 Å². The lowest BCUT2D eigenvalue weighted by Gasteiger charge is -2.05. The van der Waals surface area contributed by atoms with Crippen molar-refractivity contribution >= 4 is 23.2 Å². The second kappa shape index (κ2) is 6.15. The van der Waals surface area contributed by atoms with Crippen LogP contribution in [0.25, 0.3) is 0 Å². The van der Waals surface area contributed by atoms with Crippen LogP contribution in [0.5, 0.6) is 0 Å². The number of hydrogen-bond donors (Lipinski definition) is 1. The largest absolute Gasteiger partial charge is 0.352 e. The van der Waals surface area contributed by atoms with Gasteiger partial charge in [0.2, 0.25) is 0 Å². The first-order valence-corrected chi connectivity index (χ1v) is 5.52. The lowest BCUT2D eigenvalue weighted by atomic mass is 10.2. The fourth-order valence-corrected chi connectivity index (χ4v) is 1.36. The van der Waals surface area contributed by atoms with E-state index in [1.807, 2.05) is 6.92 Å². The monoisotopic (exact) mass is 257 g/mol. The van der Waals surface area contributed by atoms with Crippen molar-refractivity contribution in [1.29, 1.82) is 0 Å². The van der Waals surface area contributed by atoms with Gasteiger partial charge in [0.05, 0.1) is 10.5 Å². The van der Waals surface area contributed by atoms with Crippen molar-refractivity contribution in [3.63, 3.8) is 0 Å². The van der Waals surface area contributed by atoms with Gasteiger partial charge < -0.3 is 5.32 Å². The van der Waals surface area contributed by atoms with E-state index in [2.05, 4.69) is 10.3 Å². The molecule has 1 N–H and O–H groups in total. The summed E-state index contributed by atoms with van der Waals surface area (Å²) in [7, 11) is 0. The molecule has 6 nitrogen and oxygen atoms in total. The normalized spacial score (nSPS) is 10.0. The lowest BCUT2D eigenvalue weighted by molar-refractivity contribution is -0.385. The number of rotatable bonds is 5. The summed E-state index contributed by atoms with van der Waals surface area (Å²) in [6.45, 7) is 2.50. The van der Waals surface area contributed by atoms with E-state index in [9.17, 15) is 14.9 Å². The molecule has 1 heterocycles. The van der Waals surface area contributed by atoms with Gasteiger partial charge in [-0.3, -0.25) is 14.9 Å². The second-order valence-electron chi connectivity index (χ2n) is 3.40. The highest BCUT2D eigenvalue weighted by Gasteiger charge is 2.16. The molecule has 0 aliphatic carbocycles. The number of nitrogens with zero attached hydrogens (tertiary/aromatic N) is 2. The Labute approximate surface area is 103 Å². The van der Waals surface area contributed by atoms with Crippen LogP contribution in [0.2, 0.25) is 5.15 Å². The molecule has 0 unspecified atom stereocenters. The number of nitro groups is 1. The fourth-order valence-electron chi connectivity index (χ4n) is 1.17. The highest BCUT2D eigenvalue weighted by molar-refractivity contribution is 6.32. The summed E-state index contributed by atoms with van der Waals surface area (Å²) >= 11 is 5.71. The molecule has 0 saturated heterocycles. The molecule has 1 rings (SSSR count). The minimum absolute atomic E-state index is 0.0250. The van der Waals surface area contributed by atoms with E-state index in [4.69, 9.17) is 11.6 Å². The lowest BCUT2D eigenvalue weighted by Crippen LogP contribution is -2.24. The third kappa shape index (κ3) is 3.67. The first-order chi connectivity index (χ1) is 8.06. The summed E-state index contributed by atoms with van der Waals surface area (Å²) in [4.78, 5) is 25.2. The average molecular weight is 258 g/mol.